The smallest absolute Gasteiger partial charge is 0.191 e. The van der Waals surface area contributed by atoms with Crippen LogP contribution in [0.3, 0.4) is 0 Å². The molecule has 7 nitrogen and oxygen atoms in total. The van der Waals surface area contributed by atoms with Crippen LogP contribution >= 0.6 is 24.0 Å². The van der Waals surface area contributed by atoms with Crippen molar-refractivity contribution in [2.75, 3.05) is 45.3 Å². The van der Waals surface area contributed by atoms with Gasteiger partial charge >= 0.3 is 0 Å². The molecule has 10 heteroatoms. The van der Waals surface area contributed by atoms with Crippen LogP contribution in [0.2, 0.25) is 0 Å². The number of aliphatic hydroxyl groups excluding tert-OH is 1. The maximum Gasteiger partial charge on any atom is 0.191 e. The molecule has 33 heavy (non-hydrogen) atoms. The number of benzene rings is 2. The molecule has 1 heterocycles. The summed E-state index contributed by atoms with van der Waals surface area (Å²) in [5.74, 6) is 0.561. The maximum atomic E-state index is 14.1. The molecular weight excluding hydrogens is 545 g/mol. The molecule has 1 fully saturated rings. The quantitative estimate of drug-likeness (QED) is 0.254. The van der Waals surface area contributed by atoms with E-state index in [-0.39, 0.29) is 42.3 Å². The summed E-state index contributed by atoms with van der Waals surface area (Å²) in [7, 11) is 3.10. The van der Waals surface area contributed by atoms with Crippen LogP contribution in [0.25, 0.3) is 0 Å². The first-order valence-corrected chi connectivity index (χ1v) is 10.6. The molecule has 182 valence electrons. The third-order valence-corrected chi connectivity index (χ3v) is 5.31. The van der Waals surface area contributed by atoms with Gasteiger partial charge in [-0.15, -0.1) is 24.0 Å². The minimum atomic E-state index is -0.859. The van der Waals surface area contributed by atoms with Crippen molar-refractivity contribution in [3.63, 3.8) is 0 Å². The van der Waals surface area contributed by atoms with E-state index in [2.05, 4.69) is 15.6 Å². The van der Waals surface area contributed by atoms with Gasteiger partial charge in [0.1, 0.15) is 28.8 Å². The number of para-hydroxylation sites is 1. The molecule has 1 saturated heterocycles. The SMILES string of the molecule is CCNC(=NCC(O)c1cc(OC)cc(OC)c1)NC1CCN(c2c(F)cccc2F)C1.I. The lowest BCUT2D eigenvalue weighted by Crippen LogP contribution is -2.45. The number of halogens is 3. The summed E-state index contributed by atoms with van der Waals surface area (Å²) in [6.45, 7) is 3.66. The Labute approximate surface area is 210 Å². The first kappa shape index (κ1) is 26.9. The first-order valence-electron chi connectivity index (χ1n) is 10.6. The molecule has 0 spiro atoms. The topological polar surface area (TPSA) is 78.4 Å². The van der Waals surface area contributed by atoms with E-state index in [1.807, 2.05) is 6.92 Å². The minimum absolute atomic E-state index is 0. The highest BCUT2D eigenvalue weighted by Crippen LogP contribution is 2.28. The van der Waals surface area contributed by atoms with E-state index in [4.69, 9.17) is 9.47 Å². The normalized spacial score (nSPS) is 16.7. The van der Waals surface area contributed by atoms with Crippen molar-refractivity contribution in [3.05, 3.63) is 53.6 Å². The van der Waals surface area contributed by atoms with Crippen LogP contribution in [0, 0.1) is 11.6 Å². The molecule has 1 aliphatic heterocycles. The number of hydrogen-bond donors (Lipinski definition) is 3. The van der Waals surface area contributed by atoms with Crippen LogP contribution in [0.15, 0.2) is 41.4 Å². The molecule has 2 aromatic carbocycles. The number of nitrogens with one attached hydrogen (secondary N) is 2. The Morgan fingerprint density at radius 1 is 1.18 bits per heavy atom. The predicted molar refractivity (Wildman–Crippen MR) is 136 cm³/mol. The molecule has 0 amide bonds. The largest absolute Gasteiger partial charge is 0.497 e. The van der Waals surface area contributed by atoms with E-state index >= 15 is 0 Å². The molecule has 1 aliphatic rings. The Hall–Kier alpha value is -2.34. The zero-order chi connectivity index (χ0) is 23.1. The summed E-state index contributed by atoms with van der Waals surface area (Å²) in [5, 5.41) is 17.1. The number of rotatable bonds is 8. The molecule has 0 radical (unpaired) electrons. The van der Waals surface area contributed by atoms with E-state index < -0.39 is 17.7 Å². The first-order chi connectivity index (χ1) is 15.4. The number of methoxy groups -OCH3 is 2. The van der Waals surface area contributed by atoms with Gasteiger partial charge in [-0.05, 0) is 43.2 Å². The molecule has 0 saturated carbocycles. The van der Waals surface area contributed by atoms with Gasteiger partial charge in [0.25, 0.3) is 0 Å². The Balaban J connectivity index is 0.00000385. The lowest BCUT2D eigenvalue weighted by molar-refractivity contribution is 0.186. The van der Waals surface area contributed by atoms with Crippen molar-refractivity contribution in [1.82, 2.24) is 10.6 Å². The van der Waals surface area contributed by atoms with Gasteiger partial charge in [0.15, 0.2) is 5.96 Å². The van der Waals surface area contributed by atoms with Crippen molar-refractivity contribution < 1.29 is 23.4 Å². The zero-order valence-corrected chi connectivity index (χ0v) is 21.3. The molecule has 0 aromatic heterocycles. The number of aliphatic imine (C=N–C) groups is 1. The van der Waals surface area contributed by atoms with Crippen LogP contribution < -0.4 is 25.0 Å². The van der Waals surface area contributed by atoms with Gasteiger partial charge in [-0.25, -0.2) is 8.78 Å². The molecule has 2 aromatic rings. The molecule has 2 atom stereocenters. The van der Waals surface area contributed by atoms with Gasteiger partial charge in [0.2, 0.25) is 0 Å². The highest BCUT2D eigenvalue weighted by Gasteiger charge is 2.27. The number of aliphatic hydroxyl groups is 1. The summed E-state index contributed by atoms with van der Waals surface area (Å²) in [5.41, 5.74) is 0.629. The average molecular weight is 576 g/mol. The fraction of sp³-hybridized carbons (Fsp3) is 0.435. The predicted octanol–water partition coefficient (Wildman–Crippen LogP) is 3.47. The van der Waals surface area contributed by atoms with E-state index in [0.29, 0.717) is 49.1 Å². The molecule has 0 aliphatic carbocycles. The van der Waals surface area contributed by atoms with Crippen molar-refractivity contribution in [1.29, 1.82) is 0 Å². The van der Waals surface area contributed by atoms with Crippen LogP contribution in [0.4, 0.5) is 14.5 Å². The fourth-order valence-electron chi connectivity index (χ4n) is 3.69. The summed E-state index contributed by atoms with van der Waals surface area (Å²) < 4.78 is 38.7. The highest BCUT2D eigenvalue weighted by molar-refractivity contribution is 14.0. The monoisotopic (exact) mass is 576 g/mol. The second kappa shape index (κ2) is 12.8. The Morgan fingerprint density at radius 2 is 1.82 bits per heavy atom. The average Bonchev–Trinajstić information content (AvgIpc) is 3.24. The second-order valence-corrected chi connectivity index (χ2v) is 7.53. The van der Waals surface area contributed by atoms with Gasteiger partial charge < -0.3 is 30.1 Å². The molecule has 2 unspecified atom stereocenters. The standard InChI is InChI=1S/C23H30F2N4O3.HI/c1-4-26-23(27-13-21(30)15-10-17(31-2)12-18(11-15)32-3)28-16-8-9-29(14-16)22-19(24)6-5-7-20(22)25;/h5-7,10-12,16,21,30H,4,8-9,13-14H2,1-3H3,(H2,26,27,28);1H. The van der Waals surface area contributed by atoms with E-state index in [0.717, 1.165) is 0 Å². The van der Waals surface area contributed by atoms with Gasteiger partial charge in [-0.1, -0.05) is 6.07 Å². The number of guanidine groups is 1. The van der Waals surface area contributed by atoms with Gasteiger partial charge in [-0.2, -0.15) is 0 Å². The Bertz CT molecular complexity index is 905. The van der Waals surface area contributed by atoms with E-state index in [1.54, 1.807) is 37.3 Å². The Kier molecular flexibility index (Phi) is 10.4. The van der Waals surface area contributed by atoms with Crippen molar-refractivity contribution in [3.8, 4) is 11.5 Å². The van der Waals surface area contributed by atoms with E-state index in [9.17, 15) is 13.9 Å². The summed E-state index contributed by atoms with van der Waals surface area (Å²) >= 11 is 0. The number of hydrogen-bond acceptors (Lipinski definition) is 5. The van der Waals surface area contributed by atoms with E-state index in [1.165, 1.54) is 18.2 Å². The second-order valence-electron chi connectivity index (χ2n) is 7.53. The Morgan fingerprint density at radius 3 is 2.39 bits per heavy atom. The molecule has 3 rings (SSSR count). The van der Waals surface area contributed by atoms with Crippen molar-refractivity contribution >= 4 is 35.6 Å². The number of anilines is 1. The van der Waals surface area contributed by atoms with Crippen LogP contribution in [0.5, 0.6) is 11.5 Å². The lowest BCUT2D eigenvalue weighted by Gasteiger charge is -2.21. The third kappa shape index (κ3) is 7.07. The van der Waals surface area contributed by atoms with Crippen LogP contribution in [-0.2, 0) is 0 Å². The van der Waals surface area contributed by atoms with Crippen molar-refractivity contribution in [2.45, 2.75) is 25.5 Å². The number of ether oxygens (including phenoxy) is 2. The summed E-state index contributed by atoms with van der Waals surface area (Å²) in [4.78, 5) is 6.19. The lowest BCUT2D eigenvalue weighted by atomic mass is 10.1. The fourth-order valence-corrected chi connectivity index (χ4v) is 3.69. The van der Waals surface area contributed by atoms with Crippen LogP contribution in [-0.4, -0.2) is 57.5 Å². The zero-order valence-electron chi connectivity index (χ0n) is 19.0. The third-order valence-electron chi connectivity index (χ3n) is 5.31. The molecular formula is C23H31F2IN4O3. The van der Waals surface area contributed by atoms with Gasteiger partial charge in [0, 0.05) is 31.7 Å². The summed E-state index contributed by atoms with van der Waals surface area (Å²) in [6.07, 6.45) is -0.157. The van der Waals surface area contributed by atoms with Crippen LogP contribution in [0.1, 0.15) is 25.0 Å². The number of nitrogens with zero attached hydrogens (tertiary/aromatic N) is 2. The maximum absolute atomic E-state index is 14.1. The molecule has 0 bridgehead atoms. The van der Waals surface area contributed by atoms with Gasteiger partial charge in [-0.3, -0.25) is 4.99 Å². The minimum Gasteiger partial charge on any atom is -0.497 e. The van der Waals surface area contributed by atoms with Gasteiger partial charge in [0.05, 0.1) is 26.9 Å². The highest BCUT2D eigenvalue weighted by atomic mass is 127. The summed E-state index contributed by atoms with van der Waals surface area (Å²) in [6, 6.07) is 9.05. The van der Waals surface area contributed by atoms with Crippen molar-refractivity contribution in [2.24, 2.45) is 4.99 Å². The molecule has 3 N–H and O–H groups in total.